The van der Waals surface area contributed by atoms with Crippen LogP contribution in [0.25, 0.3) is 0 Å². The highest BCUT2D eigenvalue weighted by molar-refractivity contribution is 6.04. The molecule has 1 saturated heterocycles. The number of morpholine rings is 1. The van der Waals surface area contributed by atoms with Crippen molar-refractivity contribution in [3.8, 4) is 6.07 Å². The summed E-state index contributed by atoms with van der Waals surface area (Å²) in [6.45, 7) is 2.97. The summed E-state index contributed by atoms with van der Waals surface area (Å²) in [6.07, 6.45) is 1.04. The molecule has 0 saturated carbocycles. The second-order valence-electron chi connectivity index (χ2n) is 5.04. The van der Waals surface area contributed by atoms with Crippen LogP contribution in [0.3, 0.4) is 0 Å². The Kier molecular flexibility index (Phi) is 3.84. The number of nitrogens with one attached hydrogen (secondary N) is 1. The number of hydrogen-bond acceptors (Lipinski definition) is 5. The highest BCUT2D eigenvalue weighted by Crippen LogP contribution is 2.24. The monoisotopic (exact) mass is 284 g/mol. The van der Waals surface area contributed by atoms with Gasteiger partial charge in [-0.3, -0.25) is 4.79 Å². The number of hydrogen-bond donors (Lipinski definition) is 1. The lowest BCUT2D eigenvalue weighted by Gasteiger charge is -2.29. The van der Waals surface area contributed by atoms with Crippen molar-refractivity contribution in [3.05, 3.63) is 29.3 Å². The van der Waals surface area contributed by atoms with Crippen molar-refractivity contribution in [2.24, 2.45) is 5.10 Å². The standard InChI is InChI=1S/C15H16N4O2/c16-10-12-9-11(13-2-4-15(20)18-17-13)1-3-14(12)19-5-7-21-8-6-19/h1,3,9H,2,4-8H2,(H,18,20). The Hall–Kier alpha value is -2.39. The Morgan fingerprint density at radius 1 is 1.29 bits per heavy atom. The molecule has 2 aliphatic rings. The second kappa shape index (κ2) is 5.94. The van der Waals surface area contributed by atoms with E-state index < -0.39 is 0 Å². The summed E-state index contributed by atoms with van der Waals surface area (Å²) in [5.74, 6) is -0.0656. The topological polar surface area (TPSA) is 77.7 Å². The summed E-state index contributed by atoms with van der Waals surface area (Å²) >= 11 is 0. The predicted octanol–water partition coefficient (Wildman–Crippen LogP) is 1.01. The number of anilines is 1. The van der Waals surface area contributed by atoms with Crippen LogP contribution >= 0.6 is 0 Å². The SMILES string of the molecule is N#Cc1cc(C2=NNC(=O)CC2)ccc1N1CCOCC1. The normalized spacial score (nSPS) is 18.7. The molecule has 6 heteroatoms. The maximum atomic E-state index is 11.1. The average Bonchev–Trinajstić information content (AvgIpc) is 2.56. The molecule has 108 valence electrons. The first-order chi connectivity index (χ1) is 10.3. The third-order valence-corrected chi connectivity index (χ3v) is 3.71. The smallest absolute Gasteiger partial charge is 0.240 e. The van der Waals surface area contributed by atoms with E-state index >= 15 is 0 Å². The first-order valence-corrected chi connectivity index (χ1v) is 7.00. The minimum atomic E-state index is -0.0656. The van der Waals surface area contributed by atoms with Gasteiger partial charge in [-0.2, -0.15) is 10.4 Å². The van der Waals surface area contributed by atoms with Crippen molar-refractivity contribution in [3.63, 3.8) is 0 Å². The summed E-state index contributed by atoms with van der Waals surface area (Å²) in [4.78, 5) is 13.3. The summed E-state index contributed by atoms with van der Waals surface area (Å²) < 4.78 is 5.34. The zero-order valence-electron chi connectivity index (χ0n) is 11.6. The van der Waals surface area contributed by atoms with Gasteiger partial charge in [0.25, 0.3) is 0 Å². The number of nitriles is 1. The molecule has 21 heavy (non-hydrogen) atoms. The Morgan fingerprint density at radius 3 is 2.76 bits per heavy atom. The van der Waals surface area contributed by atoms with E-state index in [1.165, 1.54) is 0 Å². The molecule has 0 bridgehead atoms. The molecule has 2 aliphatic heterocycles. The molecule has 2 heterocycles. The van der Waals surface area contributed by atoms with Crippen molar-refractivity contribution >= 4 is 17.3 Å². The first kappa shape index (κ1) is 13.6. The van der Waals surface area contributed by atoms with Gasteiger partial charge >= 0.3 is 0 Å². The molecule has 1 aromatic rings. The molecule has 1 amide bonds. The van der Waals surface area contributed by atoms with Crippen LogP contribution in [0.2, 0.25) is 0 Å². The minimum Gasteiger partial charge on any atom is -0.378 e. The van der Waals surface area contributed by atoms with E-state index in [0.29, 0.717) is 31.6 Å². The largest absolute Gasteiger partial charge is 0.378 e. The van der Waals surface area contributed by atoms with E-state index in [-0.39, 0.29) is 5.91 Å². The summed E-state index contributed by atoms with van der Waals surface area (Å²) in [6, 6.07) is 8.02. The lowest BCUT2D eigenvalue weighted by atomic mass is 10.0. The third kappa shape index (κ3) is 2.88. The fourth-order valence-corrected chi connectivity index (χ4v) is 2.57. The average molecular weight is 284 g/mol. The van der Waals surface area contributed by atoms with Crippen LogP contribution in [0.5, 0.6) is 0 Å². The Balaban J connectivity index is 1.88. The molecule has 0 unspecified atom stereocenters. The molecule has 1 aromatic carbocycles. The highest BCUT2D eigenvalue weighted by atomic mass is 16.5. The Bertz CT molecular complexity index is 627. The number of benzene rings is 1. The molecule has 6 nitrogen and oxygen atoms in total. The lowest BCUT2D eigenvalue weighted by molar-refractivity contribution is -0.121. The van der Waals surface area contributed by atoms with Gasteiger partial charge in [0.15, 0.2) is 0 Å². The molecule has 0 atom stereocenters. The van der Waals surface area contributed by atoms with Crippen LogP contribution < -0.4 is 10.3 Å². The van der Waals surface area contributed by atoms with Crippen LogP contribution in [-0.2, 0) is 9.53 Å². The van der Waals surface area contributed by atoms with Crippen LogP contribution in [0, 0.1) is 11.3 Å². The number of rotatable bonds is 2. The quantitative estimate of drug-likeness (QED) is 0.879. The molecule has 0 aliphatic carbocycles. The fourth-order valence-electron chi connectivity index (χ4n) is 2.57. The number of hydrazone groups is 1. The van der Waals surface area contributed by atoms with Crippen molar-refractivity contribution in [2.75, 3.05) is 31.2 Å². The summed E-state index contributed by atoms with van der Waals surface area (Å²) in [5, 5.41) is 13.5. The molecule has 3 rings (SSSR count). The fraction of sp³-hybridized carbons (Fsp3) is 0.400. The maximum Gasteiger partial charge on any atom is 0.240 e. The molecular formula is C15H16N4O2. The van der Waals surface area contributed by atoms with E-state index in [0.717, 1.165) is 30.1 Å². The van der Waals surface area contributed by atoms with Gasteiger partial charge in [-0.25, -0.2) is 5.43 Å². The van der Waals surface area contributed by atoms with Crippen molar-refractivity contribution < 1.29 is 9.53 Å². The van der Waals surface area contributed by atoms with Gasteiger partial charge in [-0.1, -0.05) is 6.07 Å². The highest BCUT2D eigenvalue weighted by Gasteiger charge is 2.18. The van der Waals surface area contributed by atoms with Crippen LogP contribution in [0.1, 0.15) is 24.0 Å². The van der Waals surface area contributed by atoms with Gasteiger partial charge in [0, 0.05) is 25.9 Å². The molecule has 0 radical (unpaired) electrons. The van der Waals surface area contributed by atoms with Crippen molar-refractivity contribution in [1.29, 1.82) is 5.26 Å². The van der Waals surface area contributed by atoms with Crippen LogP contribution in [0.15, 0.2) is 23.3 Å². The number of carbonyl (C=O) groups excluding carboxylic acids is 1. The van der Waals surface area contributed by atoms with E-state index in [1.807, 2.05) is 18.2 Å². The van der Waals surface area contributed by atoms with Gasteiger partial charge in [-0.15, -0.1) is 0 Å². The second-order valence-corrected chi connectivity index (χ2v) is 5.04. The van der Waals surface area contributed by atoms with Crippen LogP contribution in [-0.4, -0.2) is 37.9 Å². The van der Waals surface area contributed by atoms with E-state index in [1.54, 1.807) is 0 Å². The molecule has 0 spiro atoms. The zero-order chi connectivity index (χ0) is 14.7. The van der Waals surface area contributed by atoms with Gasteiger partial charge in [-0.05, 0) is 17.7 Å². The number of carbonyl (C=O) groups is 1. The van der Waals surface area contributed by atoms with Gasteiger partial charge < -0.3 is 9.64 Å². The summed E-state index contributed by atoms with van der Waals surface area (Å²) in [5.41, 5.74) is 5.77. The number of amides is 1. The van der Waals surface area contributed by atoms with Crippen molar-refractivity contribution in [1.82, 2.24) is 5.43 Å². The lowest BCUT2D eigenvalue weighted by Crippen LogP contribution is -2.36. The minimum absolute atomic E-state index is 0.0656. The number of ether oxygens (including phenoxy) is 1. The molecule has 0 aromatic heterocycles. The number of nitrogens with zero attached hydrogens (tertiary/aromatic N) is 3. The van der Waals surface area contributed by atoms with E-state index in [4.69, 9.17) is 4.74 Å². The molecule has 1 fully saturated rings. The predicted molar refractivity (Wildman–Crippen MR) is 78.1 cm³/mol. The van der Waals surface area contributed by atoms with Gasteiger partial charge in [0.1, 0.15) is 6.07 Å². The third-order valence-electron chi connectivity index (χ3n) is 3.71. The summed E-state index contributed by atoms with van der Waals surface area (Å²) in [7, 11) is 0. The van der Waals surface area contributed by atoms with E-state index in [9.17, 15) is 10.1 Å². The van der Waals surface area contributed by atoms with Gasteiger partial charge in [0.2, 0.25) is 5.91 Å². The first-order valence-electron chi connectivity index (χ1n) is 7.00. The Morgan fingerprint density at radius 2 is 2.10 bits per heavy atom. The van der Waals surface area contributed by atoms with Gasteiger partial charge in [0.05, 0.1) is 30.2 Å². The van der Waals surface area contributed by atoms with Crippen molar-refractivity contribution in [2.45, 2.75) is 12.8 Å². The van der Waals surface area contributed by atoms with Crippen LogP contribution in [0.4, 0.5) is 5.69 Å². The molecule has 1 N–H and O–H groups in total. The maximum absolute atomic E-state index is 11.1. The Labute approximate surface area is 123 Å². The molecular weight excluding hydrogens is 268 g/mol. The van der Waals surface area contributed by atoms with E-state index in [2.05, 4.69) is 21.5 Å². The zero-order valence-corrected chi connectivity index (χ0v) is 11.6.